The Morgan fingerprint density at radius 3 is 2.95 bits per heavy atom. The van der Waals surface area contributed by atoms with Gasteiger partial charge in [-0.2, -0.15) is 5.10 Å². The molecular formula is C14H15N5O. The van der Waals surface area contributed by atoms with Crippen LogP contribution in [0.5, 0.6) is 0 Å². The van der Waals surface area contributed by atoms with Crippen LogP contribution in [-0.2, 0) is 13.6 Å². The van der Waals surface area contributed by atoms with Gasteiger partial charge in [-0.05, 0) is 12.1 Å². The third-order valence-corrected chi connectivity index (χ3v) is 3.31. The van der Waals surface area contributed by atoms with Gasteiger partial charge in [0.1, 0.15) is 0 Å². The average molecular weight is 269 g/mol. The van der Waals surface area contributed by atoms with Crippen LogP contribution in [0.4, 0.5) is 0 Å². The molecule has 6 nitrogen and oxygen atoms in total. The summed E-state index contributed by atoms with van der Waals surface area (Å²) < 4.78 is 3.89. The molecule has 1 aromatic carbocycles. The highest BCUT2D eigenvalue weighted by Gasteiger charge is 2.09. The number of aryl methyl sites for hydroxylation is 1. The molecule has 0 bridgehead atoms. The molecule has 0 aliphatic rings. The molecule has 0 aliphatic heterocycles. The molecule has 20 heavy (non-hydrogen) atoms. The third-order valence-electron chi connectivity index (χ3n) is 3.31. The minimum atomic E-state index is 0.120. The maximum atomic E-state index is 8.84. The first-order valence-corrected chi connectivity index (χ1v) is 6.22. The molecule has 3 N–H and O–H groups in total. The molecule has 0 spiro atoms. The minimum Gasteiger partial charge on any atom is -0.409 e. The highest BCUT2D eigenvalue weighted by Crippen LogP contribution is 2.21. The lowest BCUT2D eigenvalue weighted by Gasteiger charge is -2.05. The van der Waals surface area contributed by atoms with Crippen molar-refractivity contribution in [1.29, 1.82) is 0 Å². The second-order valence-electron chi connectivity index (χ2n) is 4.69. The molecule has 0 radical (unpaired) electrons. The average Bonchev–Trinajstić information content (AvgIpc) is 3.05. The molecule has 2 aromatic heterocycles. The van der Waals surface area contributed by atoms with Crippen molar-refractivity contribution in [3.8, 4) is 0 Å². The number of nitrogens with two attached hydrogens (primary N) is 1. The van der Waals surface area contributed by atoms with Gasteiger partial charge in [0.2, 0.25) is 0 Å². The van der Waals surface area contributed by atoms with E-state index in [-0.39, 0.29) is 5.84 Å². The maximum absolute atomic E-state index is 8.84. The Hall–Kier alpha value is -2.76. The maximum Gasteiger partial charge on any atom is 0.170 e. The summed E-state index contributed by atoms with van der Waals surface area (Å²) in [5.41, 5.74) is 8.60. The van der Waals surface area contributed by atoms with Gasteiger partial charge in [0.25, 0.3) is 0 Å². The van der Waals surface area contributed by atoms with Gasteiger partial charge in [-0.25, -0.2) is 0 Å². The largest absolute Gasteiger partial charge is 0.409 e. The van der Waals surface area contributed by atoms with E-state index in [9.17, 15) is 0 Å². The quantitative estimate of drug-likeness (QED) is 0.327. The van der Waals surface area contributed by atoms with E-state index in [4.69, 9.17) is 10.9 Å². The van der Waals surface area contributed by atoms with Crippen molar-refractivity contribution >= 4 is 16.7 Å². The fourth-order valence-electron chi connectivity index (χ4n) is 2.39. The molecule has 0 atom stereocenters. The molecule has 0 saturated heterocycles. The zero-order valence-corrected chi connectivity index (χ0v) is 11.1. The van der Waals surface area contributed by atoms with Crippen molar-refractivity contribution in [1.82, 2.24) is 14.3 Å². The van der Waals surface area contributed by atoms with Gasteiger partial charge in [-0.1, -0.05) is 17.3 Å². The molecule has 0 fully saturated rings. The molecule has 3 rings (SSSR count). The topological polar surface area (TPSA) is 81.4 Å². The molecule has 6 heteroatoms. The number of amidine groups is 1. The summed E-state index contributed by atoms with van der Waals surface area (Å²) in [5, 5.41) is 17.0. The van der Waals surface area contributed by atoms with Crippen LogP contribution in [0.1, 0.15) is 11.1 Å². The first-order valence-electron chi connectivity index (χ1n) is 6.22. The minimum absolute atomic E-state index is 0.120. The van der Waals surface area contributed by atoms with Crippen molar-refractivity contribution in [2.24, 2.45) is 17.9 Å². The van der Waals surface area contributed by atoms with Gasteiger partial charge < -0.3 is 15.5 Å². The Kier molecular flexibility index (Phi) is 2.90. The van der Waals surface area contributed by atoms with E-state index in [2.05, 4.69) is 14.8 Å². The van der Waals surface area contributed by atoms with Crippen LogP contribution < -0.4 is 5.73 Å². The Morgan fingerprint density at radius 2 is 2.25 bits per heavy atom. The van der Waals surface area contributed by atoms with Crippen molar-refractivity contribution in [3.05, 3.63) is 54.0 Å². The van der Waals surface area contributed by atoms with E-state index >= 15 is 0 Å². The Bertz CT molecular complexity index is 784. The lowest BCUT2D eigenvalue weighted by molar-refractivity contribution is 0.318. The number of rotatable bonds is 3. The van der Waals surface area contributed by atoms with Gasteiger partial charge in [0, 0.05) is 41.5 Å². The van der Waals surface area contributed by atoms with Crippen LogP contribution in [0, 0.1) is 0 Å². The van der Waals surface area contributed by atoms with Crippen molar-refractivity contribution in [2.45, 2.75) is 6.54 Å². The van der Waals surface area contributed by atoms with Crippen molar-refractivity contribution in [2.75, 3.05) is 0 Å². The van der Waals surface area contributed by atoms with Crippen LogP contribution in [0.3, 0.4) is 0 Å². The number of aromatic nitrogens is 3. The molecule has 0 aliphatic carbocycles. The summed E-state index contributed by atoms with van der Waals surface area (Å²) in [4.78, 5) is 0. The van der Waals surface area contributed by atoms with Crippen LogP contribution >= 0.6 is 0 Å². The second-order valence-corrected chi connectivity index (χ2v) is 4.69. The van der Waals surface area contributed by atoms with E-state index in [0.29, 0.717) is 0 Å². The predicted octanol–water partition coefficient (Wildman–Crippen LogP) is 1.52. The van der Waals surface area contributed by atoms with Crippen molar-refractivity contribution < 1.29 is 5.21 Å². The van der Waals surface area contributed by atoms with Gasteiger partial charge >= 0.3 is 0 Å². The SMILES string of the molecule is Cn1cc(Cn2ccc3c(/C(N)=N/O)cccc32)cn1. The fourth-order valence-corrected chi connectivity index (χ4v) is 2.39. The zero-order chi connectivity index (χ0) is 14.1. The first kappa shape index (κ1) is 12.3. The predicted molar refractivity (Wildman–Crippen MR) is 76.8 cm³/mol. The monoisotopic (exact) mass is 269 g/mol. The number of benzene rings is 1. The summed E-state index contributed by atoms with van der Waals surface area (Å²) in [6, 6.07) is 7.72. The highest BCUT2D eigenvalue weighted by atomic mass is 16.4. The Morgan fingerprint density at radius 1 is 1.40 bits per heavy atom. The third kappa shape index (κ3) is 2.01. The van der Waals surface area contributed by atoms with Gasteiger partial charge in [0.05, 0.1) is 12.7 Å². The Labute approximate surface area is 115 Å². The summed E-state index contributed by atoms with van der Waals surface area (Å²) in [5.74, 6) is 0.120. The number of fused-ring (bicyclic) bond motifs is 1. The fraction of sp³-hybridized carbons (Fsp3) is 0.143. The van der Waals surface area contributed by atoms with Crippen LogP contribution in [-0.4, -0.2) is 25.4 Å². The summed E-state index contributed by atoms with van der Waals surface area (Å²) in [6.07, 6.45) is 5.82. The van der Waals surface area contributed by atoms with E-state index in [1.54, 1.807) is 4.68 Å². The summed E-state index contributed by atoms with van der Waals surface area (Å²) in [7, 11) is 1.90. The lowest BCUT2D eigenvalue weighted by Crippen LogP contribution is -2.13. The molecule has 0 saturated carbocycles. The van der Waals surface area contributed by atoms with Gasteiger partial charge in [0.15, 0.2) is 5.84 Å². The molecule has 0 unspecified atom stereocenters. The van der Waals surface area contributed by atoms with Crippen LogP contribution in [0.2, 0.25) is 0 Å². The number of oxime groups is 1. The molecule has 0 amide bonds. The second kappa shape index (κ2) is 4.73. The van der Waals surface area contributed by atoms with Crippen LogP contribution in [0.15, 0.2) is 48.0 Å². The highest BCUT2D eigenvalue weighted by molar-refractivity contribution is 6.08. The van der Waals surface area contributed by atoms with Crippen LogP contribution in [0.25, 0.3) is 10.9 Å². The Balaban J connectivity index is 2.06. The smallest absolute Gasteiger partial charge is 0.170 e. The molecular weight excluding hydrogens is 254 g/mol. The van der Waals surface area contributed by atoms with E-state index in [1.807, 2.05) is 49.9 Å². The lowest BCUT2D eigenvalue weighted by atomic mass is 10.1. The van der Waals surface area contributed by atoms with E-state index in [1.165, 1.54) is 0 Å². The molecule has 2 heterocycles. The normalized spacial score (nSPS) is 12.2. The van der Waals surface area contributed by atoms with Gasteiger partial charge in [-0.15, -0.1) is 0 Å². The van der Waals surface area contributed by atoms with E-state index < -0.39 is 0 Å². The number of hydrogen-bond donors (Lipinski definition) is 2. The summed E-state index contributed by atoms with van der Waals surface area (Å²) in [6.45, 7) is 0.733. The standard InChI is InChI=1S/C14H15N5O/c1-18-8-10(7-16-18)9-19-6-5-11-12(14(15)17-20)3-2-4-13(11)19/h2-8,20H,9H2,1H3,(H2,15,17). The zero-order valence-electron chi connectivity index (χ0n) is 11.1. The number of hydrogen-bond acceptors (Lipinski definition) is 3. The number of nitrogens with zero attached hydrogens (tertiary/aromatic N) is 4. The first-order chi connectivity index (χ1) is 9.69. The summed E-state index contributed by atoms with van der Waals surface area (Å²) >= 11 is 0. The van der Waals surface area contributed by atoms with E-state index in [0.717, 1.165) is 28.6 Å². The van der Waals surface area contributed by atoms with Crippen molar-refractivity contribution in [3.63, 3.8) is 0 Å². The molecule has 3 aromatic rings. The molecule has 102 valence electrons. The van der Waals surface area contributed by atoms with Gasteiger partial charge in [-0.3, -0.25) is 4.68 Å².